The van der Waals surface area contributed by atoms with Crippen molar-refractivity contribution in [1.82, 2.24) is 10.2 Å². The van der Waals surface area contributed by atoms with E-state index in [0.29, 0.717) is 17.7 Å². The minimum Gasteiger partial charge on any atom is -0.481 e. The Labute approximate surface area is 115 Å². The Morgan fingerprint density at radius 2 is 1.80 bits per heavy atom. The Kier molecular flexibility index (Phi) is 5.24. The maximum Gasteiger partial charge on any atom is 0.406 e. The lowest BCUT2D eigenvalue weighted by molar-refractivity contribution is -0.140. The summed E-state index contributed by atoms with van der Waals surface area (Å²) in [4.78, 5) is 23.2. The van der Waals surface area contributed by atoms with Gasteiger partial charge in [0.05, 0.1) is 12.0 Å². The van der Waals surface area contributed by atoms with Crippen molar-refractivity contribution in [3.05, 3.63) is 0 Å². The van der Waals surface area contributed by atoms with E-state index in [-0.39, 0.29) is 6.42 Å². The maximum atomic E-state index is 12.2. The van der Waals surface area contributed by atoms with Crippen LogP contribution in [-0.2, 0) is 4.79 Å². The molecule has 116 valence electrons. The lowest BCUT2D eigenvalue weighted by atomic mass is 9.79. The van der Waals surface area contributed by atoms with Gasteiger partial charge in [0.1, 0.15) is 6.54 Å². The Morgan fingerprint density at radius 1 is 1.25 bits per heavy atom. The Balaban J connectivity index is 2.69. The average Bonchev–Trinajstić information content (AvgIpc) is 2.26. The third kappa shape index (κ3) is 5.26. The number of halogens is 3. The summed E-state index contributed by atoms with van der Waals surface area (Å²) < 4.78 is 36.7. The molecule has 1 aliphatic carbocycles. The molecule has 0 bridgehead atoms. The van der Waals surface area contributed by atoms with Gasteiger partial charge in [-0.3, -0.25) is 4.79 Å². The number of carbonyl (C=O) groups excluding carboxylic acids is 1. The number of hydrogen-bond acceptors (Lipinski definition) is 2. The van der Waals surface area contributed by atoms with E-state index < -0.39 is 30.3 Å². The molecule has 0 aromatic rings. The van der Waals surface area contributed by atoms with Crippen molar-refractivity contribution in [1.29, 1.82) is 0 Å². The number of carbonyl (C=O) groups is 2. The molecule has 20 heavy (non-hydrogen) atoms. The number of hydrogen-bond donors (Lipinski definition) is 2. The predicted molar refractivity (Wildman–Crippen MR) is 65.3 cm³/mol. The number of nitrogens with one attached hydrogen (secondary N) is 1. The van der Waals surface area contributed by atoms with Crippen LogP contribution >= 0.6 is 0 Å². The molecule has 2 amide bonds. The largest absolute Gasteiger partial charge is 0.481 e. The Morgan fingerprint density at radius 3 is 2.25 bits per heavy atom. The zero-order valence-electron chi connectivity index (χ0n) is 11.3. The molecule has 0 atom stereocenters. The molecule has 1 rings (SSSR count). The van der Waals surface area contributed by atoms with E-state index in [9.17, 15) is 22.8 Å². The van der Waals surface area contributed by atoms with Crippen LogP contribution in [0, 0.1) is 0 Å². The van der Waals surface area contributed by atoms with Crippen molar-refractivity contribution in [2.24, 2.45) is 0 Å². The van der Waals surface area contributed by atoms with E-state index in [1.165, 1.54) is 0 Å². The van der Waals surface area contributed by atoms with Crippen molar-refractivity contribution in [2.75, 3.05) is 13.6 Å². The minimum atomic E-state index is -4.47. The van der Waals surface area contributed by atoms with Crippen LogP contribution in [0.25, 0.3) is 0 Å². The van der Waals surface area contributed by atoms with Crippen LogP contribution in [0.1, 0.15) is 38.5 Å². The highest BCUT2D eigenvalue weighted by Gasteiger charge is 2.38. The molecular formula is C12H19F3N2O3. The van der Waals surface area contributed by atoms with Gasteiger partial charge in [0.2, 0.25) is 0 Å². The van der Waals surface area contributed by atoms with Gasteiger partial charge < -0.3 is 15.3 Å². The highest BCUT2D eigenvalue weighted by Crippen LogP contribution is 2.31. The van der Waals surface area contributed by atoms with Gasteiger partial charge in [-0.15, -0.1) is 0 Å². The summed E-state index contributed by atoms with van der Waals surface area (Å²) in [5, 5.41) is 11.4. The van der Waals surface area contributed by atoms with Crippen LogP contribution < -0.4 is 5.32 Å². The molecule has 0 aliphatic heterocycles. The summed E-state index contributed by atoms with van der Waals surface area (Å²) in [5.74, 6) is -1.06. The minimum absolute atomic E-state index is 0.265. The smallest absolute Gasteiger partial charge is 0.406 e. The average molecular weight is 296 g/mol. The highest BCUT2D eigenvalue weighted by molar-refractivity contribution is 5.76. The van der Waals surface area contributed by atoms with Crippen LogP contribution in [0.2, 0.25) is 0 Å². The molecule has 2 N–H and O–H groups in total. The van der Waals surface area contributed by atoms with Crippen LogP contribution in [0.4, 0.5) is 18.0 Å². The fourth-order valence-electron chi connectivity index (χ4n) is 2.53. The fourth-order valence-corrected chi connectivity index (χ4v) is 2.53. The lowest BCUT2D eigenvalue weighted by Crippen LogP contribution is -2.55. The van der Waals surface area contributed by atoms with Crippen LogP contribution in [-0.4, -0.2) is 47.3 Å². The lowest BCUT2D eigenvalue weighted by Gasteiger charge is -2.38. The number of aliphatic carboxylic acids is 1. The molecule has 0 saturated heterocycles. The number of urea groups is 1. The summed E-state index contributed by atoms with van der Waals surface area (Å²) in [5.41, 5.74) is -0.930. The third-order valence-electron chi connectivity index (χ3n) is 3.44. The van der Waals surface area contributed by atoms with Crippen molar-refractivity contribution >= 4 is 12.0 Å². The van der Waals surface area contributed by atoms with Gasteiger partial charge in [-0.05, 0) is 12.8 Å². The van der Waals surface area contributed by atoms with E-state index in [4.69, 9.17) is 5.11 Å². The van der Waals surface area contributed by atoms with E-state index in [1.54, 1.807) is 0 Å². The van der Waals surface area contributed by atoms with Crippen molar-refractivity contribution in [3.63, 3.8) is 0 Å². The van der Waals surface area contributed by atoms with Gasteiger partial charge in [-0.2, -0.15) is 13.2 Å². The molecule has 8 heteroatoms. The molecule has 0 spiro atoms. The monoisotopic (exact) mass is 296 g/mol. The second-order valence-corrected chi connectivity index (χ2v) is 5.31. The first-order valence-corrected chi connectivity index (χ1v) is 6.45. The summed E-state index contributed by atoms with van der Waals surface area (Å²) in [6.07, 6.45) is -1.32. The molecule has 1 fully saturated rings. The van der Waals surface area contributed by atoms with Gasteiger partial charge in [0.15, 0.2) is 0 Å². The summed E-state index contributed by atoms with van der Waals surface area (Å²) in [6.45, 7) is -1.36. The quantitative estimate of drug-likeness (QED) is 0.836. The molecule has 5 nitrogen and oxygen atoms in total. The van der Waals surface area contributed by atoms with E-state index in [0.717, 1.165) is 26.3 Å². The van der Waals surface area contributed by atoms with Crippen molar-refractivity contribution in [3.8, 4) is 0 Å². The first-order valence-electron chi connectivity index (χ1n) is 6.45. The molecule has 0 aromatic carbocycles. The summed E-state index contributed by atoms with van der Waals surface area (Å²) in [6, 6.07) is -0.884. The number of alkyl halides is 3. The normalized spacial score (nSPS) is 18.4. The summed E-state index contributed by atoms with van der Waals surface area (Å²) >= 11 is 0. The van der Waals surface area contributed by atoms with Gasteiger partial charge in [0.25, 0.3) is 0 Å². The van der Waals surface area contributed by atoms with Crippen LogP contribution in [0.5, 0.6) is 0 Å². The molecule has 1 aliphatic rings. The molecule has 0 heterocycles. The zero-order chi connectivity index (χ0) is 15.4. The SMILES string of the molecule is CN(CC(F)(F)F)C(=O)NC1(CC(=O)O)CCCCC1. The molecular weight excluding hydrogens is 277 g/mol. The van der Waals surface area contributed by atoms with Gasteiger partial charge >= 0.3 is 18.2 Å². The molecule has 0 radical (unpaired) electrons. The second kappa shape index (κ2) is 6.32. The fraction of sp³-hybridized carbons (Fsp3) is 0.833. The number of carboxylic acids is 1. The first-order chi connectivity index (χ1) is 9.14. The first kappa shape index (κ1) is 16.6. The molecule has 0 aromatic heterocycles. The second-order valence-electron chi connectivity index (χ2n) is 5.31. The van der Waals surface area contributed by atoms with E-state index >= 15 is 0 Å². The highest BCUT2D eigenvalue weighted by atomic mass is 19.4. The third-order valence-corrected chi connectivity index (χ3v) is 3.44. The molecule has 0 unspecified atom stereocenters. The number of nitrogens with zero attached hydrogens (tertiary/aromatic N) is 1. The number of carboxylic acid groups (broad SMARTS) is 1. The van der Waals surface area contributed by atoms with Gasteiger partial charge in [0, 0.05) is 7.05 Å². The topological polar surface area (TPSA) is 69.6 Å². The Bertz CT molecular complexity index is 365. The van der Waals surface area contributed by atoms with Crippen LogP contribution in [0.3, 0.4) is 0 Å². The Hall–Kier alpha value is -1.47. The maximum absolute atomic E-state index is 12.2. The van der Waals surface area contributed by atoms with E-state index in [1.807, 2.05) is 0 Å². The summed E-state index contributed by atoms with van der Waals surface area (Å²) in [7, 11) is 1.04. The van der Waals surface area contributed by atoms with E-state index in [2.05, 4.69) is 5.32 Å². The standard InChI is InChI=1S/C12H19F3N2O3/c1-17(8-12(13,14)15)10(20)16-11(7-9(18)19)5-3-2-4-6-11/h2-8H2,1H3,(H,16,20)(H,18,19). The van der Waals surface area contributed by atoms with Gasteiger partial charge in [-0.25, -0.2) is 4.79 Å². The zero-order valence-corrected chi connectivity index (χ0v) is 11.3. The number of rotatable bonds is 4. The molecule has 1 saturated carbocycles. The van der Waals surface area contributed by atoms with Crippen LogP contribution in [0.15, 0.2) is 0 Å². The predicted octanol–water partition coefficient (Wildman–Crippen LogP) is 2.37. The van der Waals surface area contributed by atoms with Gasteiger partial charge in [-0.1, -0.05) is 19.3 Å². The van der Waals surface area contributed by atoms with Crippen molar-refractivity contribution < 1.29 is 27.9 Å². The van der Waals surface area contributed by atoms with Crippen molar-refractivity contribution in [2.45, 2.75) is 50.2 Å². The number of amides is 2.